The molecule has 0 aliphatic carbocycles. The zero-order valence-corrected chi connectivity index (χ0v) is 18.0. The Labute approximate surface area is 163 Å². The van der Waals surface area contributed by atoms with Gasteiger partial charge in [-0.05, 0) is 67.9 Å². The van der Waals surface area contributed by atoms with Crippen molar-refractivity contribution in [3.63, 3.8) is 0 Å². The fourth-order valence-electron chi connectivity index (χ4n) is 3.60. The number of hydrogen-bond acceptors (Lipinski definition) is 0. The lowest BCUT2D eigenvalue weighted by Gasteiger charge is -2.24. The van der Waals surface area contributed by atoms with Crippen molar-refractivity contribution in [2.75, 3.05) is 6.16 Å². The molecular weight excluding hydrogens is 331 g/mol. The van der Waals surface area contributed by atoms with Gasteiger partial charge in [-0.15, -0.1) is 0 Å². The van der Waals surface area contributed by atoms with Crippen LogP contribution < -0.4 is 10.6 Å². The summed E-state index contributed by atoms with van der Waals surface area (Å²) in [6.07, 6.45) is 13.0. The second-order valence-corrected chi connectivity index (χ2v) is 9.59. The van der Waals surface area contributed by atoms with Crippen LogP contribution >= 0.6 is 7.92 Å². The number of benzene rings is 2. The normalized spacial score (nSPS) is 11.2. The fourth-order valence-corrected chi connectivity index (χ4v) is 6.48. The van der Waals surface area contributed by atoms with Crippen LogP contribution in [-0.2, 0) is 12.8 Å². The number of unbranched alkanes of at least 4 members (excludes halogenated alkanes) is 4. The molecule has 0 aliphatic heterocycles. The minimum Gasteiger partial charge on any atom is -0.0654 e. The maximum Gasteiger partial charge on any atom is -0.0163 e. The van der Waals surface area contributed by atoms with E-state index in [0.29, 0.717) is 0 Å². The first-order valence-corrected chi connectivity index (χ1v) is 12.3. The summed E-state index contributed by atoms with van der Waals surface area (Å²) < 4.78 is 0. The van der Waals surface area contributed by atoms with E-state index in [1.165, 1.54) is 63.9 Å². The Morgan fingerprint density at radius 2 is 1.04 bits per heavy atom. The molecule has 0 aliphatic rings. The van der Waals surface area contributed by atoms with Crippen LogP contribution in [0.3, 0.4) is 0 Å². The van der Waals surface area contributed by atoms with E-state index in [-0.39, 0.29) is 7.92 Å². The number of aryl methyl sites for hydroxylation is 2. The molecule has 2 rings (SSSR count). The van der Waals surface area contributed by atoms with Crippen LogP contribution in [0.5, 0.6) is 0 Å². The van der Waals surface area contributed by atoms with Gasteiger partial charge in [0.2, 0.25) is 0 Å². The average Bonchev–Trinajstić information content (AvgIpc) is 2.69. The third-order valence-electron chi connectivity index (χ3n) is 5.15. The number of rotatable bonds is 12. The third-order valence-corrected chi connectivity index (χ3v) is 7.95. The van der Waals surface area contributed by atoms with Gasteiger partial charge in [0.1, 0.15) is 0 Å². The highest BCUT2D eigenvalue weighted by Gasteiger charge is 2.19. The second kappa shape index (κ2) is 12.3. The highest BCUT2D eigenvalue weighted by atomic mass is 31.1. The van der Waals surface area contributed by atoms with Gasteiger partial charge in [-0.1, -0.05) is 95.0 Å². The van der Waals surface area contributed by atoms with Crippen LogP contribution in [0.2, 0.25) is 0 Å². The Morgan fingerprint density at radius 3 is 1.50 bits per heavy atom. The summed E-state index contributed by atoms with van der Waals surface area (Å²) in [6.45, 7) is 6.91. The Balaban J connectivity index is 2.38. The van der Waals surface area contributed by atoms with Gasteiger partial charge in [0.15, 0.2) is 0 Å². The predicted molar refractivity (Wildman–Crippen MR) is 121 cm³/mol. The molecule has 0 amide bonds. The van der Waals surface area contributed by atoms with Gasteiger partial charge < -0.3 is 0 Å². The standard InChI is InChI=1S/C25H37P/c1-4-7-14-21-26(24-19-12-10-17-22(24)15-8-5-2)25-20-13-11-18-23(25)16-9-6-3/h10-13,17-20H,4-9,14-16,21H2,1-3H3. The number of hydrogen-bond donors (Lipinski definition) is 0. The van der Waals surface area contributed by atoms with Crippen molar-refractivity contribution in [1.29, 1.82) is 0 Å². The molecule has 0 bridgehead atoms. The van der Waals surface area contributed by atoms with Crippen molar-refractivity contribution in [1.82, 2.24) is 0 Å². The molecule has 2 aromatic carbocycles. The molecule has 0 fully saturated rings. The molecule has 0 nitrogen and oxygen atoms in total. The zero-order chi connectivity index (χ0) is 18.6. The predicted octanol–water partition coefficient (Wildman–Crippen LogP) is 6.99. The van der Waals surface area contributed by atoms with Crippen LogP contribution in [0.15, 0.2) is 48.5 Å². The van der Waals surface area contributed by atoms with Crippen molar-refractivity contribution in [3.8, 4) is 0 Å². The van der Waals surface area contributed by atoms with E-state index in [1.807, 2.05) is 0 Å². The van der Waals surface area contributed by atoms with E-state index in [1.54, 1.807) is 21.7 Å². The summed E-state index contributed by atoms with van der Waals surface area (Å²) in [5, 5.41) is 3.30. The summed E-state index contributed by atoms with van der Waals surface area (Å²) >= 11 is 0. The molecule has 0 atom stereocenters. The quantitative estimate of drug-likeness (QED) is 0.280. The van der Waals surface area contributed by atoms with Crippen LogP contribution in [0, 0.1) is 0 Å². The summed E-state index contributed by atoms with van der Waals surface area (Å²) in [5.41, 5.74) is 3.20. The summed E-state index contributed by atoms with van der Waals surface area (Å²) in [6, 6.07) is 18.6. The Hall–Kier alpha value is -1.13. The van der Waals surface area contributed by atoms with Gasteiger partial charge in [0, 0.05) is 0 Å². The molecule has 26 heavy (non-hydrogen) atoms. The molecule has 0 radical (unpaired) electrons. The van der Waals surface area contributed by atoms with Crippen molar-refractivity contribution in [3.05, 3.63) is 59.7 Å². The van der Waals surface area contributed by atoms with Crippen molar-refractivity contribution >= 4 is 18.5 Å². The molecule has 0 saturated carbocycles. The van der Waals surface area contributed by atoms with Gasteiger partial charge in [-0.25, -0.2) is 0 Å². The molecule has 0 spiro atoms. The maximum absolute atomic E-state index is 2.43. The molecule has 1 heteroatoms. The first-order valence-electron chi connectivity index (χ1n) is 10.7. The van der Waals surface area contributed by atoms with Crippen LogP contribution in [0.25, 0.3) is 0 Å². The van der Waals surface area contributed by atoms with Crippen LogP contribution in [0.4, 0.5) is 0 Å². The molecule has 0 N–H and O–H groups in total. The van der Waals surface area contributed by atoms with Crippen LogP contribution in [-0.4, -0.2) is 6.16 Å². The van der Waals surface area contributed by atoms with Crippen LogP contribution in [0.1, 0.15) is 76.8 Å². The molecule has 0 aromatic heterocycles. The van der Waals surface area contributed by atoms with E-state index in [9.17, 15) is 0 Å². The van der Waals surface area contributed by atoms with Crippen molar-refractivity contribution in [2.24, 2.45) is 0 Å². The SMILES string of the molecule is CCCCCP(c1ccccc1CCCC)c1ccccc1CCCC. The van der Waals surface area contributed by atoms with E-state index < -0.39 is 0 Å². The molecule has 0 saturated heterocycles. The molecule has 142 valence electrons. The van der Waals surface area contributed by atoms with Crippen molar-refractivity contribution < 1.29 is 0 Å². The first-order chi connectivity index (χ1) is 12.8. The third kappa shape index (κ3) is 6.24. The topological polar surface area (TPSA) is 0 Å². The smallest absolute Gasteiger partial charge is 0.0163 e. The Kier molecular flexibility index (Phi) is 10.0. The second-order valence-electron chi connectivity index (χ2n) is 7.32. The van der Waals surface area contributed by atoms with Gasteiger partial charge in [-0.2, -0.15) is 0 Å². The largest absolute Gasteiger partial charge is 0.0654 e. The summed E-state index contributed by atoms with van der Waals surface area (Å²) in [4.78, 5) is 0. The average molecular weight is 369 g/mol. The molecular formula is C25H37P. The van der Waals surface area contributed by atoms with Gasteiger partial charge >= 0.3 is 0 Å². The lowest BCUT2D eigenvalue weighted by Crippen LogP contribution is -2.21. The first kappa shape index (κ1) is 21.2. The minimum absolute atomic E-state index is 0.237. The Morgan fingerprint density at radius 1 is 0.577 bits per heavy atom. The van der Waals surface area contributed by atoms with Crippen molar-refractivity contribution in [2.45, 2.75) is 78.6 Å². The maximum atomic E-state index is 2.43. The monoisotopic (exact) mass is 368 g/mol. The molecule has 0 unspecified atom stereocenters. The zero-order valence-electron chi connectivity index (χ0n) is 17.1. The lowest BCUT2D eigenvalue weighted by atomic mass is 10.1. The summed E-state index contributed by atoms with van der Waals surface area (Å²) in [5.74, 6) is 0. The highest BCUT2D eigenvalue weighted by molar-refractivity contribution is 7.73. The van der Waals surface area contributed by atoms with Gasteiger partial charge in [0.25, 0.3) is 0 Å². The Bertz CT molecular complexity index is 580. The van der Waals surface area contributed by atoms with Gasteiger partial charge in [0.05, 0.1) is 0 Å². The van der Waals surface area contributed by atoms with Gasteiger partial charge in [-0.3, -0.25) is 0 Å². The van der Waals surface area contributed by atoms with E-state index in [2.05, 4.69) is 69.3 Å². The minimum atomic E-state index is -0.237. The fraction of sp³-hybridized carbons (Fsp3) is 0.520. The molecule has 0 heterocycles. The highest BCUT2D eigenvalue weighted by Crippen LogP contribution is 2.38. The molecule has 2 aromatic rings. The van der Waals surface area contributed by atoms with E-state index >= 15 is 0 Å². The lowest BCUT2D eigenvalue weighted by molar-refractivity contribution is 0.776. The van der Waals surface area contributed by atoms with E-state index in [4.69, 9.17) is 0 Å². The summed E-state index contributed by atoms with van der Waals surface area (Å²) in [7, 11) is -0.237. The van der Waals surface area contributed by atoms with E-state index in [0.717, 1.165) is 0 Å².